The van der Waals surface area contributed by atoms with Crippen LogP contribution < -0.4 is 21.1 Å². The molecule has 5 nitrogen and oxygen atoms in total. The summed E-state index contributed by atoms with van der Waals surface area (Å²) in [7, 11) is 4.07. The summed E-state index contributed by atoms with van der Waals surface area (Å²) in [6.45, 7) is 7.01. The van der Waals surface area contributed by atoms with Crippen molar-refractivity contribution in [1.29, 1.82) is 0 Å². The number of nitrogens with two attached hydrogens (primary N) is 1. The summed E-state index contributed by atoms with van der Waals surface area (Å²) in [5, 5.41) is 6.10. The molecule has 1 fully saturated rings. The Hall–Kier alpha value is -3.22. The Bertz CT molecular complexity index is 1400. The lowest BCUT2D eigenvalue weighted by Crippen LogP contribution is -2.49. The lowest BCUT2D eigenvalue weighted by Gasteiger charge is -2.38. The fourth-order valence-corrected chi connectivity index (χ4v) is 9.22. The molecule has 2 aromatic rings. The van der Waals surface area contributed by atoms with Gasteiger partial charge in [-0.15, -0.1) is 0 Å². The number of nitrogens with one attached hydrogen (secondary N) is 1. The molecule has 1 aliphatic heterocycles. The van der Waals surface area contributed by atoms with Gasteiger partial charge in [0.15, 0.2) is 0 Å². The van der Waals surface area contributed by atoms with Crippen molar-refractivity contribution < 1.29 is 4.79 Å². The molecule has 2 aliphatic carbocycles. The number of anilines is 1. The number of fused-ring (bicyclic) bond motifs is 2. The van der Waals surface area contributed by atoms with Crippen molar-refractivity contribution >= 4 is 36.1 Å². The van der Waals surface area contributed by atoms with E-state index in [-0.39, 0.29) is 18.0 Å². The topological polar surface area (TPSA) is 70.7 Å². The summed E-state index contributed by atoms with van der Waals surface area (Å²) in [5.74, 6) is 0.00734. The highest BCUT2D eigenvalue weighted by Gasteiger charge is 2.40. The Morgan fingerprint density at radius 1 is 1.03 bits per heavy atom. The molecule has 1 saturated carbocycles. The molecule has 0 bridgehead atoms. The van der Waals surface area contributed by atoms with Gasteiger partial charge in [-0.25, -0.2) is 0 Å². The van der Waals surface area contributed by atoms with E-state index in [4.69, 9.17) is 5.73 Å². The lowest BCUT2D eigenvalue weighted by molar-refractivity contribution is 0.0926. The molecule has 2 aromatic carbocycles. The van der Waals surface area contributed by atoms with Crippen LogP contribution in [0.15, 0.2) is 70.4 Å². The number of amides is 1. The number of nitrogens with zero attached hydrogens (tertiary/aromatic N) is 2. The number of aryl methyl sites for hydroxylation is 1. The van der Waals surface area contributed by atoms with E-state index in [1.165, 1.54) is 38.3 Å². The molecule has 38 heavy (non-hydrogen) atoms. The van der Waals surface area contributed by atoms with Crippen molar-refractivity contribution in [2.45, 2.75) is 57.8 Å². The molecule has 1 heterocycles. The molecule has 5 rings (SSSR count). The van der Waals surface area contributed by atoms with E-state index in [1.54, 1.807) is 0 Å². The van der Waals surface area contributed by atoms with Gasteiger partial charge in [-0.1, -0.05) is 31.3 Å². The van der Waals surface area contributed by atoms with E-state index in [0.29, 0.717) is 0 Å². The van der Waals surface area contributed by atoms with Crippen molar-refractivity contribution in [2.75, 3.05) is 26.0 Å². The van der Waals surface area contributed by atoms with Gasteiger partial charge in [0.25, 0.3) is 5.91 Å². The van der Waals surface area contributed by atoms with Gasteiger partial charge in [0.1, 0.15) is 8.07 Å². The highest BCUT2D eigenvalue weighted by atomic mass is 28.3. The number of aliphatic imine (C=N–C) groups is 1. The molecule has 198 valence electrons. The van der Waals surface area contributed by atoms with E-state index in [2.05, 4.69) is 91.8 Å². The first-order valence-electron chi connectivity index (χ1n) is 13.7. The van der Waals surface area contributed by atoms with Crippen LogP contribution in [0.1, 0.15) is 52.7 Å². The minimum Gasteiger partial charge on any atom is -0.378 e. The van der Waals surface area contributed by atoms with Gasteiger partial charge in [0, 0.05) is 44.5 Å². The standard InChI is InChI=1S/C32H40N4OSi/c1-20-17-21(32(37)35-23-10-8-22(33)9-11-23)7-14-26(20)31-27-15-12-24(34-2)18-29(27)38(5,6)30-19-25(36(3)4)13-16-28(30)31/h7,12-19,22-23H,8-11,33H2,1-6H3,(H,35,37). The van der Waals surface area contributed by atoms with Crippen molar-refractivity contribution in [3.63, 3.8) is 0 Å². The molecule has 0 spiro atoms. The zero-order valence-corrected chi connectivity index (χ0v) is 24.6. The van der Waals surface area contributed by atoms with Gasteiger partial charge < -0.3 is 16.0 Å². The van der Waals surface area contributed by atoms with Crippen molar-refractivity contribution in [3.05, 3.63) is 87.6 Å². The highest BCUT2D eigenvalue weighted by Crippen LogP contribution is 2.42. The van der Waals surface area contributed by atoms with Crippen LogP contribution >= 0.6 is 0 Å². The summed E-state index contributed by atoms with van der Waals surface area (Å²) in [5.41, 5.74) is 15.1. The molecule has 1 amide bonds. The first-order valence-corrected chi connectivity index (χ1v) is 16.7. The van der Waals surface area contributed by atoms with Gasteiger partial charge in [-0.3, -0.25) is 9.79 Å². The monoisotopic (exact) mass is 524 g/mol. The van der Waals surface area contributed by atoms with E-state index in [0.717, 1.165) is 42.5 Å². The highest BCUT2D eigenvalue weighted by molar-refractivity contribution is 6.98. The second-order valence-corrected chi connectivity index (χ2v) is 16.0. The summed E-state index contributed by atoms with van der Waals surface area (Å²) >= 11 is 0. The predicted molar refractivity (Wildman–Crippen MR) is 163 cm³/mol. The SMILES string of the molecule is CN=C1C=CC2=C(c3ccc(C(=O)NC4CCC(N)CC4)cc3C)c3ccc(N(C)C)cc3[Si](C)(C)C2=C1. The molecular formula is C32H40N4OSi. The number of rotatable bonds is 4. The number of carbonyl (C=O) groups is 1. The molecule has 6 heteroatoms. The molecule has 3 N–H and O–H groups in total. The quantitative estimate of drug-likeness (QED) is 0.559. The fourth-order valence-electron chi connectivity index (χ4n) is 6.15. The van der Waals surface area contributed by atoms with Gasteiger partial charge in [-0.05, 0) is 107 Å². The number of hydrogen-bond donors (Lipinski definition) is 2. The van der Waals surface area contributed by atoms with Crippen molar-refractivity contribution in [2.24, 2.45) is 10.7 Å². The van der Waals surface area contributed by atoms with Crippen LogP contribution in [0.5, 0.6) is 0 Å². The zero-order valence-electron chi connectivity index (χ0n) is 23.6. The molecule has 0 saturated heterocycles. The summed E-state index contributed by atoms with van der Waals surface area (Å²) in [4.78, 5) is 19.8. The Morgan fingerprint density at radius 2 is 1.74 bits per heavy atom. The third-order valence-corrected chi connectivity index (χ3v) is 12.1. The molecular weight excluding hydrogens is 484 g/mol. The largest absolute Gasteiger partial charge is 0.378 e. The maximum absolute atomic E-state index is 13.1. The Balaban J connectivity index is 1.59. The minimum absolute atomic E-state index is 0.00734. The van der Waals surface area contributed by atoms with Crippen LogP contribution in [-0.4, -0.2) is 52.9 Å². The van der Waals surface area contributed by atoms with Crippen LogP contribution in [0.4, 0.5) is 5.69 Å². The molecule has 3 aliphatic rings. The third-order valence-electron chi connectivity index (χ3n) is 8.53. The minimum atomic E-state index is -1.99. The summed E-state index contributed by atoms with van der Waals surface area (Å²) in [6.07, 6.45) is 10.5. The van der Waals surface area contributed by atoms with Gasteiger partial charge in [0.2, 0.25) is 0 Å². The number of carbonyl (C=O) groups excluding carboxylic acids is 1. The molecule has 0 radical (unpaired) electrons. The van der Waals surface area contributed by atoms with E-state index < -0.39 is 8.07 Å². The van der Waals surface area contributed by atoms with Crippen LogP contribution in [0, 0.1) is 6.92 Å². The fraction of sp³-hybridized carbons (Fsp3) is 0.375. The summed E-state index contributed by atoms with van der Waals surface area (Å²) < 4.78 is 0. The van der Waals surface area contributed by atoms with Crippen LogP contribution in [0.3, 0.4) is 0 Å². The van der Waals surface area contributed by atoms with Crippen molar-refractivity contribution in [3.8, 4) is 0 Å². The van der Waals surface area contributed by atoms with E-state index in [1.807, 2.05) is 19.2 Å². The molecule has 0 aromatic heterocycles. The van der Waals surface area contributed by atoms with Crippen LogP contribution in [0.25, 0.3) is 5.57 Å². The first-order chi connectivity index (χ1) is 18.1. The van der Waals surface area contributed by atoms with Crippen LogP contribution in [-0.2, 0) is 0 Å². The number of benzene rings is 2. The average molecular weight is 525 g/mol. The van der Waals surface area contributed by atoms with Gasteiger partial charge >= 0.3 is 0 Å². The predicted octanol–water partition coefficient (Wildman–Crippen LogP) is 4.90. The van der Waals surface area contributed by atoms with E-state index in [9.17, 15) is 4.79 Å². The van der Waals surface area contributed by atoms with E-state index >= 15 is 0 Å². The Labute approximate surface area is 228 Å². The van der Waals surface area contributed by atoms with Crippen molar-refractivity contribution in [1.82, 2.24) is 5.32 Å². The Morgan fingerprint density at radius 3 is 2.39 bits per heavy atom. The second kappa shape index (κ2) is 10.2. The zero-order chi connectivity index (χ0) is 27.2. The lowest BCUT2D eigenvalue weighted by atomic mass is 9.87. The van der Waals surface area contributed by atoms with Crippen LogP contribution in [0.2, 0.25) is 13.1 Å². The number of hydrogen-bond acceptors (Lipinski definition) is 4. The maximum atomic E-state index is 13.1. The number of allylic oxidation sites excluding steroid dienone is 5. The normalized spacial score (nSPS) is 23.0. The van der Waals surface area contributed by atoms with Gasteiger partial charge in [0.05, 0.1) is 5.71 Å². The maximum Gasteiger partial charge on any atom is 0.251 e. The smallest absolute Gasteiger partial charge is 0.251 e. The molecule has 0 unspecified atom stereocenters. The first kappa shape index (κ1) is 26.4. The molecule has 0 atom stereocenters. The average Bonchev–Trinajstić information content (AvgIpc) is 2.90. The Kier molecular flexibility index (Phi) is 7.05. The van der Waals surface area contributed by atoms with Gasteiger partial charge in [-0.2, -0.15) is 0 Å². The summed E-state index contributed by atoms with van der Waals surface area (Å²) in [6, 6.07) is 13.6. The third kappa shape index (κ3) is 4.72. The second-order valence-electron chi connectivity index (χ2n) is 11.7.